The Balaban J connectivity index is 2.62. The first-order chi connectivity index (χ1) is 6.14. The molecule has 0 aromatic rings. The van der Waals surface area contributed by atoms with Gasteiger partial charge in [-0.05, 0) is 26.2 Å². The molecular formula is C10H19NO2. The normalized spacial score (nSPS) is 28.1. The smallest absolute Gasteiger partial charge is 0.249 e. The highest BCUT2D eigenvalue weighted by molar-refractivity contribution is 5.78. The second-order valence-corrected chi connectivity index (χ2v) is 3.93. The molecule has 0 unspecified atom stereocenters. The molecule has 1 aliphatic heterocycles. The van der Waals surface area contributed by atoms with Crippen molar-refractivity contribution < 1.29 is 9.53 Å². The second kappa shape index (κ2) is 4.09. The van der Waals surface area contributed by atoms with E-state index < -0.39 is 0 Å². The molecule has 1 aliphatic rings. The Kier molecular flexibility index (Phi) is 3.31. The molecule has 1 saturated heterocycles. The highest BCUT2D eigenvalue weighted by Gasteiger charge is 2.37. The molecule has 0 radical (unpaired) electrons. The number of rotatable bonds is 3. The predicted molar refractivity (Wildman–Crippen MR) is 51.5 cm³/mol. The minimum atomic E-state index is 0.0790. The minimum Gasteiger partial charge on any atom is -0.375 e. The lowest BCUT2D eigenvalue weighted by atomic mass is 9.96. The molecule has 0 saturated carbocycles. The average molecular weight is 185 g/mol. The molecule has 0 N–H and O–H groups in total. The summed E-state index contributed by atoms with van der Waals surface area (Å²) in [6.45, 7) is 5.41. The van der Waals surface area contributed by atoms with Crippen molar-refractivity contribution in [2.75, 3.05) is 20.3 Å². The fourth-order valence-electron chi connectivity index (χ4n) is 2.02. The number of hydrogen-bond donors (Lipinski definition) is 0. The monoisotopic (exact) mass is 185 g/mol. The summed E-state index contributed by atoms with van der Waals surface area (Å²) in [5.41, 5.74) is 0.0790. The van der Waals surface area contributed by atoms with Gasteiger partial charge in [0.15, 0.2) is 0 Å². The van der Waals surface area contributed by atoms with Crippen LogP contribution < -0.4 is 0 Å². The number of carbonyl (C=O) groups is 1. The summed E-state index contributed by atoms with van der Waals surface area (Å²) < 4.78 is 4.86. The van der Waals surface area contributed by atoms with E-state index in [0.29, 0.717) is 0 Å². The van der Waals surface area contributed by atoms with Gasteiger partial charge in [-0.15, -0.1) is 0 Å². The SMILES string of the molecule is CC[C@]1(C)CCCN1C(=O)COC. The van der Waals surface area contributed by atoms with E-state index in [1.54, 1.807) is 7.11 Å². The lowest BCUT2D eigenvalue weighted by Gasteiger charge is -2.34. The zero-order valence-corrected chi connectivity index (χ0v) is 8.80. The van der Waals surface area contributed by atoms with Gasteiger partial charge in [-0.3, -0.25) is 4.79 Å². The number of carbonyl (C=O) groups excluding carboxylic acids is 1. The molecule has 0 spiro atoms. The molecule has 1 amide bonds. The van der Waals surface area contributed by atoms with Crippen molar-refractivity contribution in [3.63, 3.8) is 0 Å². The zero-order valence-electron chi connectivity index (χ0n) is 8.80. The van der Waals surface area contributed by atoms with Gasteiger partial charge in [0.1, 0.15) is 6.61 Å². The highest BCUT2D eigenvalue weighted by atomic mass is 16.5. The van der Waals surface area contributed by atoms with E-state index in [1.165, 1.54) is 0 Å². The summed E-state index contributed by atoms with van der Waals surface area (Å²) in [6, 6.07) is 0. The number of methoxy groups -OCH3 is 1. The Labute approximate surface area is 80.1 Å². The fourth-order valence-corrected chi connectivity index (χ4v) is 2.02. The molecule has 0 aromatic carbocycles. The molecule has 3 heteroatoms. The van der Waals surface area contributed by atoms with Crippen LogP contribution >= 0.6 is 0 Å². The van der Waals surface area contributed by atoms with Crippen LogP contribution in [-0.4, -0.2) is 36.6 Å². The van der Waals surface area contributed by atoms with Gasteiger partial charge in [-0.2, -0.15) is 0 Å². The molecule has 0 bridgehead atoms. The van der Waals surface area contributed by atoms with Crippen molar-refractivity contribution in [1.29, 1.82) is 0 Å². The van der Waals surface area contributed by atoms with Crippen molar-refractivity contribution >= 4 is 5.91 Å². The van der Waals surface area contributed by atoms with E-state index in [9.17, 15) is 4.79 Å². The van der Waals surface area contributed by atoms with E-state index in [-0.39, 0.29) is 18.1 Å². The summed E-state index contributed by atoms with van der Waals surface area (Å²) in [6.07, 6.45) is 3.28. The number of hydrogen-bond acceptors (Lipinski definition) is 2. The number of ether oxygens (including phenoxy) is 1. The third kappa shape index (κ3) is 2.02. The topological polar surface area (TPSA) is 29.5 Å². The van der Waals surface area contributed by atoms with Crippen LogP contribution in [-0.2, 0) is 9.53 Å². The van der Waals surface area contributed by atoms with Gasteiger partial charge in [-0.1, -0.05) is 6.92 Å². The highest BCUT2D eigenvalue weighted by Crippen LogP contribution is 2.31. The summed E-state index contributed by atoms with van der Waals surface area (Å²) >= 11 is 0. The summed E-state index contributed by atoms with van der Waals surface area (Å²) in [7, 11) is 1.57. The minimum absolute atomic E-state index is 0.0790. The molecule has 3 nitrogen and oxygen atoms in total. The largest absolute Gasteiger partial charge is 0.375 e. The Morgan fingerprint density at radius 3 is 2.85 bits per heavy atom. The van der Waals surface area contributed by atoms with Crippen LogP contribution in [0.5, 0.6) is 0 Å². The molecule has 0 aromatic heterocycles. The number of amides is 1. The van der Waals surface area contributed by atoms with Crippen LogP contribution in [0.4, 0.5) is 0 Å². The molecule has 13 heavy (non-hydrogen) atoms. The Morgan fingerprint density at radius 1 is 1.62 bits per heavy atom. The molecule has 1 atom stereocenters. The van der Waals surface area contributed by atoms with E-state index in [2.05, 4.69) is 13.8 Å². The Hall–Kier alpha value is -0.570. The maximum atomic E-state index is 11.6. The zero-order chi connectivity index (χ0) is 9.90. The molecule has 0 aliphatic carbocycles. The number of likely N-dealkylation sites (tertiary alicyclic amines) is 1. The fraction of sp³-hybridized carbons (Fsp3) is 0.900. The molecular weight excluding hydrogens is 166 g/mol. The molecule has 1 heterocycles. The lowest BCUT2D eigenvalue weighted by Crippen LogP contribution is -2.46. The molecule has 1 rings (SSSR count). The summed E-state index contributed by atoms with van der Waals surface area (Å²) in [5.74, 6) is 0.129. The van der Waals surface area contributed by atoms with E-state index in [1.807, 2.05) is 4.90 Å². The summed E-state index contributed by atoms with van der Waals surface area (Å²) in [4.78, 5) is 13.6. The van der Waals surface area contributed by atoms with Gasteiger partial charge in [0, 0.05) is 19.2 Å². The first kappa shape index (κ1) is 10.5. The second-order valence-electron chi connectivity index (χ2n) is 3.93. The maximum absolute atomic E-state index is 11.6. The Morgan fingerprint density at radius 2 is 2.31 bits per heavy atom. The predicted octanol–water partition coefficient (Wildman–Crippen LogP) is 1.42. The van der Waals surface area contributed by atoms with Gasteiger partial charge in [-0.25, -0.2) is 0 Å². The van der Waals surface area contributed by atoms with Gasteiger partial charge in [0.25, 0.3) is 0 Å². The average Bonchev–Trinajstić information content (AvgIpc) is 2.49. The quantitative estimate of drug-likeness (QED) is 0.665. The van der Waals surface area contributed by atoms with Gasteiger partial charge < -0.3 is 9.64 Å². The van der Waals surface area contributed by atoms with Crippen LogP contribution in [0.25, 0.3) is 0 Å². The number of nitrogens with zero attached hydrogens (tertiary/aromatic N) is 1. The van der Waals surface area contributed by atoms with Crippen LogP contribution in [0, 0.1) is 0 Å². The van der Waals surface area contributed by atoms with E-state index >= 15 is 0 Å². The third-order valence-electron chi connectivity index (χ3n) is 3.08. The summed E-state index contributed by atoms with van der Waals surface area (Å²) in [5, 5.41) is 0. The molecule has 76 valence electrons. The van der Waals surface area contributed by atoms with Crippen molar-refractivity contribution in [3.05, 3.63) is 0 Å². The maximum Gasteiger partial charge on any atom is 0.249 e. The van der Waals surface area contributed by atoms with Crippen LogP contribution in [0.1, 0.15) is 33.1 Å². The van der Waals surface area contributed by atoms with Gasteiger partial charge >= 0.3 is 0 Å². The Bertz CT molecular complexity index is 193. The van der Waals surface area contributed by atoms with Crippen molar-refractivity contribution in [2.24, 2.45) is 0 Å². The van der Waals surface area contributed by atoms with Crippen LogP contribution in [0.3, 0.4) is 0 Å². The van der Waals surface area contributed by atoms with Gasteiger partial charge in [0.05, 0.1) is 0 Å². The standard InChI is InChI=1S/C10H19NO2/c1-4-10(2)6-5-7-11(10)9(12)8-13-3/h4-8H2,1-3H3/t10-/m1/s1. The lowest BCUT2D eigenvalue weighted by molar-refractivity contribution is -0.138. The van der Waals surface area contributed by atoms with Gasteiger partial charge in [0.2, 0.25) is 5.91 Å². The van der Waals surface area contributed by atoms with Crippen molar-refractivity contribution in [3.8, 4) is 0 Å². The van der Waals surface area contributed by atoms with E-state index in [4.69, 9.17) is 4.74 Å². The first-order valence-electron chi connectivity index (χ1n) is 4.93. The van der Waals surface area contributed by atoms with Crippen molar-refractivity contribution in [2.45, 2.75) is 38.6 Å². The van der Waals surface area contributed by atoms with E-state index in [0.717, 1.165) is 25.8 Å². The van der Waals surface area contributed by atoms with Crippen LogP contribution in [0.2, 0.25) is 0 Å². The molecule has 1 fully saturated rings. The first-order valence-corrected chi connectivity index (χ1v) is 4.93. The third-order valence-corrected chi connectivity index (χ3v) is 3.08. The van der Waals surface area contributed by atoms with Crippen LogP contribution in [0.15, 0.2) is 0 Å². The van der Waals surface area contributed by atoms with Crippen molar-refractivity contribution in [1.82, 2.24) is 4.90 Å².